The van der Waals surface area contributed by atoms with Crippen LogP contribution in [0.3, 0.4) is 0 Å². The number of aryl methyl sites for hydroxylation is 1. The van der Waals surface area contributed by atoms with E-state index in [2.05, 4.69) is 12.1 Å². The van der Waals surface area contributed by atoms with Gasteiger partial charge in [-0.05, 0) is 35.7 Å². The van der Waals surface area contributed by atoms with Crippen molar-refractivity contribution < 1.29 is 4.42 Å². The van der Waals surface area contributed by atoms with Gasteiger partial charge in [0.1, 0.15) is 11.3 Å². The van der Waals surface area contributed by atoms with Gasteiger partial charge in [0.2, 0.25) is 0 Å². The summed E-state index contributed by atoms with van der Waals surface area (Å²) in [5.74, 6) is 0.554. The fourth-order valence-corrected chi connectivity index (χ4v) is 3.04. The van der Waals surface area contributed by atoms with Crippen LogP contribution >= 0.6 is 11.6 Å². The molecule has 4 aromatic rings. The summed E-state index contributed by atoms with van der Waals surface area (Å²) in [5.41, 5.74) is 4.48. The molecule has 4 rings (SSSR count). The van der Waals surface area contributed by atoms with E-state index in [1.807, 2.05) is 49.4 Å². The van der Waals surface area contributed by atoms with Crippen LogP contribution in [-0.2, 0) is 0 Å². The second-order valence-corrected chi connectivity index (χ2v) is 6.42. The van der Waals surface area contributed by atoms with Crippen molar-refractivity contribution in [1.29, 1.82) is 0 Å². The number of fused-ring (bicyclic) bond motifs is 1. The van der Waals surface area contributed by atoms with E-state index in [0.717, 1.165) is 22.3 Å². The Kier molecular flexibility index (Phi) is 3.90. The molecule has 0 aliphatic heterocycles. The Hall–Kier alpha value is -2.84. The summed E-state index contributed by atoms with van der Waals surface area (Å²) in [6.45, 7) is 1.89. The predicted octanol–water partition coefficient (Wildman–Crippen LogP) is 6.09. The summed E-state index contributed by atoms with van der Waals surface area (Å²) < 4.78 is 5.95. The molecule has 3 heteroatoms. The summed E-state index contributed by atoms with van der Waals surface area (Å²) in [7, 11) is 0. The first-order chi connectivity index (χ1) is 12.1. The monoisotopic (exact) mass is 346 g/mol. The lowest BCUT2D eigenvalue weighted by Crippen LogP contribution is -2.00. The Balaban J connectivity index is 1.79. The number of hydrogen-bond acceptors (Lipinski definition) is 2. The lowest BCUT2D eigenvalue weighted by atomic mass is 10.0. The molecule has 0 amide bonds. The molecule has 3 aromatic carbocycles. The molecule has 0 saturated heterocycles. The summed E-state index contributed by atoms with van der Waals surface area (Å²) in [6, 6.07) is 23.1. The highest BCUT2D eigenvalue weighted by Crippen LogP contribution is 2.28. The number of hydrogen-bond donors (Lipinski definition) is 0. The van der Waals surface area contributed by atoms with Crippen LogP contribution < -0.4 is 5.43 Å². The van der Waals surface area contributed by atoms with Gasteiger partial charge in [-0.1, -0.05) is 66.2 Å². The molecule has 0 radical (unpaired) electrons. The molecular formula is C22H15ClO2. The zero-order valence-electron chi connectivity index (χ0n) is 13.6. The minimum absolute atomic E-state index is 0.0923. The lowest BCUT2D eigenvalue weighted by molar-refractivity contribution is 0.618. The van der Waals surface area contributed by atoms with Crippen molar-refractivity contribution in [2.45, 2.75) is 6.92 Å². The van der Waals surface area contributed by atoms with Crippen LogP contribution in [0.5, 0.6) is 0 Å². The van der Waals surface area contributed by atoms with Crippen LogP contribution in [0.2, 0.25) is 5.02 Å². The summed E-state index contributed by atoms with van der Waals surface area (Å²) in [6.07, 6.45) is 0. The molecular weight excluding hydrogens is 332 g/mol. The van der Waals surface area contributed by atoms with E-state index in [0.29, 0.717) is 21.8 Å². The highest BCUT2D eigenvalue weighted by molar-refractivity contribution is 6.32. The number of halogens is 1. The summed E-state index contributed by atoms with van der Waals surface area (Å²) >= 11 is 6.11. The maximum atomic E-state index is 12.4. The summed E-state index contributed by atoms with van der Waals surface area (Å²) in [4.78, 5) is 12.4. The fraction of sp³-hybridized carbons (Fsp3) is 0.0455. The molecule has 0 fully saturated rings. The normalized spacial score (nSPS) is 11.0. The third kappa shape index (κ3) is 2.97. The highest BCUT2D eigenvalue weighted by atomic mass is 35.5. The number of rotatable bonds is 2. The molecule has 0 aliphatic rings. The van der Waals surface area contributed by atoms with Crippen molar-refractivity contribution >= 4 is 22.6 Å². The molecule has 0 aliphatic carbocycles. The second kappa shape index (κ2) is 6.23. The van der Waals surface area contributed by atoms with Gasteiger partial charge in [-0.3, -0.25) is 4.79 Å². The third-order valence-corrected chi connectivity index (χ3v) is 4.69. The first kappa shape index (κ1) is 15.7. The van der Waals surface area contributed by atoms with Gasteiger partial charge in [0.25, 0.3) is 0 Å². The van der Waals surface area contributed by atoms with Crippen LogP contribution in [0.25, 0.3) is 33.4 Å². The zero-order valence-corrected chi connectivity index (χ0v) is 14.4. The van der Waals surface area contributed by atoms with E-state index < -0.39 is 0 Å². The van der Waals surface area contributed by atoms with Crippen molar-refractivity contribution in [2.24, 2.45) is 0 Å². The maximum absolute atomic E-state index is 12.4. The zero-order chi connectivity index (χ0) is 17.4. The quantitative estimate of drug-likeness (QED) is 0.439. The van der Waals surface area contributed by atoms with Gasteiger partial charge in [-0.15, -0.1) is 0 Å². The van der Waals surface area contributed by atoms with Gasteiger partial charge < -0.3 is 4.42 Å². The fourth-order valence-electron chi connectivity index (χ4n) is 2.88. The van der Waals surface area contributed by atoms with Crippen LogP contribution in [0.15, 0.2) is 82.0 Å². The Morgan fingerprint density at radius 1 is 0.800 bits per heavy atom. The van der Waals surface area contributed by atoms with Gasteiger partial charge in [-0.25, -0.2) is 0 Å². The molecule has 0 bridgehead atoms. The molecule has 25 heavy (non-hydrogen) atoms. The van der Waals surface area contributed by atoms with E-state index >= 15 is 0 Å². The molecule has 0 spiro atoms. The molecule has 1 aromatic heterocycles. The molecule has 0 unspecified atom stereocenters. The summed E-state index contributed by atoms with van der Waals surface area (Å²) in [5, 5.41) is 1.07. The molecule has 2 nitrogen and oxygen atoms in total. The first-order valence-electron chi connectivity index (χ1n) is 8.02. The smallest absolute Gasteiger partial charge is 0.193 e. The van der Waals surface area contributed by atoms with Gasteiger partial charge in [0.15, 0.2) is 5.43 Å². The van der Waals surface area contributed by atoms with Crippen molar-refractivity contribution in [1.82, 2.24) is 0 Å². The maximum Gasteiger partial charge on any atom is 0.193 e. The molecule has 122 valence electrons. The van der Waals surface area contributed by atoms with Gasteiger partial charge in [0.05, 0.1) is 5.39 Å². The molecule has 0 saturated carbocycles. The Labute approximate surface area is 150 Å². The topological polar surface area (TPSA) is 30.2 Å². The standard InChI is InChI=1S/C22H15ClO2/c1-14-11-22-18(12-19(14)23)20(24)13-21(25-22)17-9-7-16(8-10-17)15-5-3-2-4-6-15/h2-13H,1H3. The van der Waals surface area contributed by atoms with E-state index in [9.17, 15) is 4.79 Å². The van der Waals surface area contributed by atoms with Crippen LogP contribution in [0.4, 0.5) is 0 Å². The molecule has 0 atom stereocenters. The Morgan fingerprint density at radius 3 is 2.16 bits per heavy atom. The third-order valence-electron chi connectivity index (χ3n) is 4.28. The largest absolute Gasteiger partial charge is 0.456 e. The first-order valence-corrected chi connectivity index (χ1v) is 8.39. The highest BCUT2D eigenvalue weighted by Gasteiger charge is 2.09. The van der Waals surface area contributed by atoms with Crippen molar-refractivity contribution in [3.8, 4) is 22.5 Å². The van der Waals surface area contributed by atoms with Crippen LogP contribution in [-0.4, -0.2) is 0 Å². The Bertz CT molecular complexity index is 1110. The number of benzene rings is 3. The van der Waals surface area contributed by atoms with Crippen molar-refractivity contribution in [3.63, 3.8) is 0 Å². The predicted molar refractivity (Wildman–Crippen MR) is 103 cm³/mol. The van der Waals surface area contributed by atoms with Gasteiger partial charge in [0, 0.05) is 16.7 Å². The average molecular weight is 347 g/mol. The van der Waals surface area contributed by atoms with Crippen LogP contribution in [0, 0.1) is 6.92 Å². The van der Waals surface area contributed by atoms with E-state index in [1.54, 1.807) is 12.1 Å². The van der Waals surface area contributed by atoms with E-state index in [4.69, 9.17) is 16.0 Å². The lowest BCUT2D eigenvalue weighted by Gasteiger charge is -2.07. The van der Waals surface area contributed by atoms with Crippen molar-refractivity contribution in [2.75, 3.05) is 0 Å². The minimum Gasteiger partial charge on any atom is -0.456 e. The minimum atomic E-state index is -0.0923. The second-order valence-electron chi connectivity index (χ2n) is 6.02. The SMILES string of the molecule is Cc1cc2oc(-c3ccc(-c4ccccc4)cc3)cc(=O)c2cc1Cl. The van der Waals surface area contributed by atoms with E-state index in [1.165, 1.54) is 6.07 Å². The average Bonchev–Trinajstić information content (AvgIpc) is 2.64. The van der Waals surface area contributed by atoms with E-state index in [-0.39, 0.29) is 5.43 Å². The molecule has 1 heterocycles. The van der Waals surface area contributed by atoms with Gasteiger partial charge in [-0.2, -0.15) is 0 Å². The van der Waals surface area contributed by atoms with Crippen LogP contribution in [0.1, 0.15) is 5.56 Å². The molecule has 0 N–H and O–H groups in total. The van der Waals surface area contributed by atoms with Gasteiger partial charge >= 0.3 is 0 Å². The Morgan fingerprint density at radius 2 is 1.44 bits per heavy atom. The van der Waals surface area contributed by atoms with Crippen molar-refractivity contribution in [3.05, 3.63) is 93.6 Å².